The maximum atomic E-state index is 13.6. The van der Waals surface area contributed by atoms with Gasteiger partial charge in [-0.3, -0.25) is 9.59 Å². The van der Waals surface area contributed by atoms with Gasteiger partial charge in [0.1, 0.15) is 29.9 Å². The first-order valence-electron chi connectivity index (χ1n) is 13.3. The summed E-state index contributed by atoms with van der Waals surface area (Å²) in [4.78, 5) is 37.0. The monoisotopic (exact) mass is 541 g/mol. The molecule has 0 bridgehead atoms. The number of carbonyl (C=O) groups excluding carboxylic acids is 2. The SMILES string of the molecule is Cc1[nH]c2c(-c3cc(C(F)F)ccc3OCC3CC3)ncnc2c1C(=O)N[C@@H]1CC[C@H](NC(=O)CO)C[C@H]1C. The summed E-state index contributed by atoms with van der Waals surface area (Å²) >= 11 is 0. The summed E-state index contributed by atoms with van der Waals surface area (Å²) in [6, 6.07) is 4.16. The van der Waals surface area contributed by atoms with Crippen LogP contribution in [0.25, 0.3) is 22.3 Å². The number of aliphatic hydroxyl groups excluding tert-OH is 1. The first-order chi connectivity index (χ1) is 18.7. The van der Waals surface area contributed by atoms with Gasteiger partial charge in [-0.15, -0.1) is 0 Å². The molecule has 1 aromatic carbocycles. The Kier molecular flexibility index (Phi) is 7.79. The van der Waals surface area contributed by atoms with Gasteiger partial charge in [-0.2, -0.15) is 0 Å². The number of nitrogens with zero attached hydrogens (tertiary/aromatic N) is 2. The normalized spacial score (nSPS) is 21.2. The molecule has 5 rings (SSSR count). The van der Waals surface area contributed by atoms with E-state index in [2.05, 4.69) is 25.6 Å². The first kappa shape index (κ1) is 27.0. The van der Waals surface area contributed by atoms with Crippen LogP contribution in [0.15, 0.2) is 24.5 Å². The Labute approximate surface area is 224 Å². The number of alkyl halides is 2. The molecule has 208 valence electrons. The number of aryl methyl sites for hydroxylation is 1. The number of aromatic amines is 1. The van der Waals surface area contributed by atoms with Gasteiger partial charge in [0.05, 0.1) is 17.7 Å². The van der Waals surface area contributed by atoms with Crippen LogP contribution >= 0.6 is 0 Å². The van der Waals surface area contributed by atoms with E-state index in [0.717, 1.165) is 12.8 Å². The first-order valence-corrected chi connectivity index (χ1v) is 13.3. The highest BCUT2D eigenvalue weighted by molar-refractivity contribution is 6.09. The fourth-order valence-corrected chi connectivity index (χ4v) is 5.35. The van der Waals surface area contributed by atoms with Crippen LogP contribution in [0.5, 0.6) is 5.75 Å². The average molecular weight is 542 g/mol. The molecular formula is C28H33F2N5O4. The molecule has 4 N–H and O–H groups in total. The quantitative estimate of drug-likeness (QED) is 0.323. The van der Waals surface area contributed by atoms with Gasteiger partial charge in [0, 0.05) is 28.9 Å². The van der Waals surface area contributed by atoms with Crippen molar-refractivity contribution in [1.82, 2.24) is 25.6 Å². The lowest BCUT2D eigenvalue weighted by atomic mass is 9.82. The van der Waals surface area contributed by atoms with Gasteiger partial charge in [0.25, 0.3) is 12.3 Å². The van der Waals surface area contributed by atoms with Crippen molar-refractivity contribution in [2.24, 2.45) is 11.8 Å². The number of aromatic nitrogens is 3. The highest BCUT2D eigenvalue weighted by atomic mass is 19.3. The maximum absolute atomic E-state index is 13.6. The van der Waals surface area contributed by atoms with E-state index < -0.39 is 18.9 Å². The largest absolute Gasteiger partial charge is 0.493 e. The molecule has 11 heteroatoms. The molecule has 0 radical (unpaired) electrons. The zero-order chi connectivity index (χ0) is 27.7. The fourth-order valence-electron chi connectivity index (χ4n) is 5.35. The summed E-state index contributed by atoms with van der Waals surface area (Å²) in [5, 5.41) is 14.9. The Morgan fingerprint density at radius 1 is 1.18 bits per heavy atom. The molecule has 3 atom stereocenters. The number of hydrogen-bond acceptors (Lipinski definition) is 6. The third kappa shape index (κ3) is 5.88. The Bertz CT molecular complexity index is 1370. The van der Waals surface area contributed by atoms with Crippen molar-refractivity contribution < 1.29 is 28.2 Å². The number of H-pyrrole nitrogens is 1. The van der Waals surface area contributed by atoms with Crippen molar-refractivity contribution in [3.05, 3.63) is 41.3 Å². The highest BCUT2D eigenvalue weighted by Crippen LogP contribution is 2.38. The summed E-state index contributed by atoms with van der Waals surface area (Å²) in [5.41, 5.74) is 2.52. The summed E-state index contributed by atoms with van der Waals surface area (Å²) in [5.74, 6) is 0.350. The molecule has 0 saturated heterocycles. The van der Waals surface area contributed by atoms with Gasteiger partial charge in [-0.25, -0.2) is 18.7 Å². The van der Waals surface area contributed by atoms with E-state index in [1.807, 2.05) is 6.92 Å². The van der Waals surface area contributed by atoms with Gasteiger partial charge in [0.15, 0.2) is 0 Å². The van der Waals surface area contributed by atoms with Crippen LogP contribution in [0.1, 0.15) is 67.1 Å². The van der Waals surface area contributed by atoms with Crippen LogP contribution in [-0.4, -0.2) is 57.2 Å². The Morgan fingerprint density at radius 2 is 1.97 bits per heavy atom. The lowest BCUT2D eigenvalue weighted by molar-refractivity contribution is -0.124. The van der Waals surface area contributed by atoms with Crippen molar-refractivity contribution in [1.29, 1.82) is 0 Å². The van der Waals surface area contributed by atoms with Crippen LogP contribution < -0.4 is 15.4 Å². The predicted molar refractivity (Wildman–Crippen MR) is 141 cm³/mol. The van der Waals surface area contributed by atoms with E-state index in [1.54, 1.807) is 13.0 Å². The van der Waals surface area contributed by atoms with Crippen molar-refractivity contribution in [2.75, 3.05) is 13.2 Å². The Morgan fingerprint density at radius 3 is 2.67 bits per heavy atom. The fraction of sp³-hybridized carbons (Fsp3) is 0.500. The molecule has 2 aliphatic rings. The average Bonchev–Trinajstić information content (AvgIpc) is 3.68. The number of nitrogens with one attached hydrogen (secondary N) is 3. The van der Waals surface area contributed by atoms with Crippen LogP contribution in [0.3, 0.4) is 0 Å². The lowest BCUT2D eigenvalue weighted by Gasteiger charge is -2.35. The van der Waals surface area contributed by atoms with E-state index >= 15 is 0 Å². The molecule has 2 amide bonds. The zero-order valence-electron chi connectivity index (χ0n) is 22.0. The molecule has 2 fully saturated rings. The molecule has 0 aliphatic heterocycles. The van der Waals surface area contributed by atoms with Gasteiger partial charge in [-0.05, 0) is 69.1 Å². The number of carbonyl (C=O) groups is 2. The minimum absolute atomic E-state index is 0.0433. The molecule has 0 spiro atoms. The summed E-state index contributed by atoms with van der Waals surface area (Å²) in [7, 11) is 0. The number of ether oxygens (including phenoxy) is 1. The maximum Gasteiger partial charge on any atom is 0.263 e. The minimum atomic E-state index is -2.65. The summed E-state index contributed by atoms with van der Waals surface area (Å²) < 4.78 is 33.2. The van der Waals surface area contributed by atoms with E-state index in [4.69, 9.17) is 9.84 Å². The van der Waals surface area contributed by atoms with Crippen LogP contribution in [0.2, 0.25) is 0 Å². The van der Waals surface area contributed by atoms with Crippen molar-refractivity contribution in [3.63, 3.8) is 0 Å². The molecule has 9 nitrogen and oxygen atoms in total. The summed E-state index contributed by atoms with van der Waals surface area (Å²) in [6.07, 6.45) is 2.90. The second kappa shape index (κ2) is 11.3. The van der Waals surface area contributed by atoms with Crippen molar-refractivity contribution in [2.45, 2.75) is 64.5 Å². The predicted octanol–water partition coefficient (Wildman–Crippen LogP) is 4.06. The lowest BCUT2D eigenvalue weighted by Crippen LogP contribution is -2.48. The van der Waals surface area contributed by atoms with Crippen molar-refractivity contribution >= 4 is 22.8 Å². The molecule has 2 saturated carbocycles. The number of hydrogen-bond donors (Lipinski definition) is 4. The number of amides is 2. The number of fused-ring (bicyclic) bond motifs is 1. The molecule has 3 aromatic rings. The molecule has 39 heavy (non-hydrogen) atoms. The number of rotatable bonds is 9. The smallest absolute Gasteiger partial charge is 0.263 e. The Hall–Kier alpha value is -3.60. The van der Waals surface area contributed by atoms with E-state index in [9.17, 15) is 18.4 Å². The molecule has 2 aromatic heterocycles. The van der Waals surface area contributed by atoms with Gasteiger partial charge in [0.2, 0.25) is 5.91 Å². The minimum Gasteiger partial charge on any atom is -0.493 e. The third-order valence-electron chi connectivity index (χ3n) is 7.68. The number of aliphatic hydroxyl groups is 1. The van der Waals surface area contributed by atoms with Crippen molar-refractivity contribution in [3.8, 4) is 17.0 Å². The zero-order valence-corrected chi connectivity index (χ0v) is 22.0. The molecule has 0 unspecified atom stereocenters. The number of benzene rings is 1. The second-order valence-electron chi connectivity index (χ2n) is 10.7. The second-order valence-corrected chi connectivity index (χ2v) is 10.7. The molecule has 2 heterocycles. The Balaban J connectivity index is 1.42. The van der Waals surface area contributed by atoms with Gasteiger partial charge in [-0.1, -0.05) is 6.92 Å². The third-order valence-corrected chi connectivity index (χ3v) is 7.68. The molecular weight excluding hydrogens is 508 g/mol. The standard InChI is InChI=1S/C28H33F2N5O4/c1-14-9-18(34-22(37)11-36)6-7-20(14)35-28(38)23-15(2)33-26-24(31-13-32-25(23)26)19-10-17(27(29)30)5-8-21(19)39-12-16-3-4-16/h5,8,10,13-14,16,18,20,27,33,36H,3-4,6-7,9,11-12H2,1-2H3,(H,34,37)(H,35,38)/t14-,18+,20-/m1/s1. The van der Waals surface area contributed by atoms with Crippen LogP contribution in [-0.2, 0) is 4.79 Å². The molecule has 2 aliphatic carbocycles. The number of halogens is 2. The summed E-state index contributed by atoms with van der Waals surface area (Å²) in [6.45, 7) is 3.75. The van der Waals surface area contributed by atoms with Gasteiger partial charge < -0.3 is 25.5 Å². The van der Waals surface area contributed by atoms with Crippen LogP contribution in [0, 0.1) is 18.8 Å². The van der Waals surface area contributed by atoms with E-state index in [1.165, 1.54) is 18.5 Å². The topological polar surface area (TPSA) is 129 Å². The van der Waals surface area contributed by atoms with Crippen LogP contribution in [0.4, 0.5) is 8.78 Å². The van der Waals surface area contributed by atoms with Gasteiger partial charge >= 0.3 is 0 Å². The van der Waals surface area contributed by atoms with E-state index in [-0.39, 0.29) is 29.5 Å². The highest BCUT2D eigenvalue weighted by Gasteiger charge is 2.31. The van der Waals surface area contributed by atoms with E-state index in [0.29, 0.717) is 71.1 Å².